The molecule has 0 aromatic heterocycles. The van der Waals surface area contributed by atoms with Crippen molar-refractivity contribution in [3.63, 3.8) is 0 Å². The average Bonchev–Trinajstić information content (AvgIpc) is 2.52. The van der Waals surface area contributed by atoms with Gasteiger partial charge in [0.15, 0.2) is 0 Å². The average molecular weight is 314 g/mol. The molecule has 114 valence electrons. The molecule has 0 saturated carbocycles. The molecular weight excluding hydrogens is 294 g/mol. The summed E-state index contributed by atoms with van der Waals surface area (Å²) in [6.07, 6.45) is 2.75. The molecule has 2 aromatic carbocycles. The molecule has 0 spiro atoms. The van der Waals surface area contributed by atoms with E-state index in [0.29, 0.717) is 11.6 Å². The molecule has 0 aliphatic rings. The number of benzene rings is 2. The maximum absolute atomic E-state index is 9.30. The van der Waals surface area contributed by atoms with E-state index in [4.69, 9.17) is 16.3 Å². The summed E-state index contributed by atoms with van der Waals surface area (Å²) in [6.45, 7) is 2.73. The first kappa shape index (κ1) is 16.4. The summed E-state index contributed by atoms with van der Waals surface area (Å²) in [5, 5.41) is 10.0. The summed E-state index contributed by atoms with van der Waals surface area (Å²) in [6, 6.07) is 18.0. The first-order valence-corrected chi connectivity index (χ1v) is 7.91. The molecule has 2 rings (SSSR count). The molecular formula is C19H20ClNO. The Hall–Kier alpha value is -1.98. The molecule has 2 nitrogen and oxygen atoms in total. The van der Waals surface area contributed by atoms with Crippen LogP contribution >= 0.6 is 11.6 Å². The number of nitrogens with zero attached hydrogens (tertiary/aromatic N) is 1. The van der Waals surface area contributed by atoms with Crippen LogP contribution in [-0.4, -0.2) is 6.61 Å². The lowest BCUT2D eigenvalue weighted by Gasteiger charge is -2.10. The SMILES string of the molecule is Cc1cccc(OCCCCC(C#N)c2ccc(Cl)cc2)c1. The van der Waals surface area contributed by atoms with E-state index in [0.717, 1.165) is 30.6 Å². The minimum atomic E-state index is -0.0729. The van der Waals surface area contributed by atoms with Crippen molar-refractivity contribution in [3.05, 3.63) is 64.7 Å². The Labute approximate surface area is 137 Å². The molecule has 0 amide bonds. The lowest BCUT2D eigenvalue weighted by Crippen LogP contribution is -2.00. The zero-order chi connectivity index (χ0) is 15.8. The van der Waals surface area contributed by atoms with E-state index < -0.39 is 0 Å². The number of hydrogen-bond donors (Lipinski definition) is 0. The minimum absolute atomic E-state index is 0.0729. The monoisotopic (exact) mass is 313 g/mol. The van der Waals surface area contributed by atoms with Crippen molar-refractivity contribution in [1.29, 1.82) is 5.26 Å². The molecule has 0 aliphatic heterocycles. The molecule has 2 aromatic rings. The van der Waals surface area contributed by atoms with Gasteiger partial charge in [-0.15, -0.1) is 0 Å². The van der Waals surface area contributed by atoms with E-state index in [1.807, 2.05) is 42.5 Å². The van der Waals surface area contributed by atoms with Crippen LogP contribution in [0, 0.1) is 18.3 Å². The van der Waals surface area contributed by atoms with Crippen LogP contribution in [0.4, 0.5) is 0 Å². The Morgan fingerprint density at radius 2 is 1.91 bits per heavy atom. The zero-order valence-electron chi connectivity index (χ0n) is 12.8. The smallest absolute Gasteiger partial charge is 0.119 e. The van der Waals surface area contributed by atoms with Crippen LogP contribution in [0.3, 0.4) is 0 Å². The first-order chi connectivity index (χ1) is 10.7. The van der Waals surface area contributed by atoms with Gasteiger partial charge in [0.2, 0.25) is 0 Å². The maximum Gasteiger partial charge on any atom is 0.119 e. The van der Waals surface area contributed by atoms with Crippen molar-refractivity contribution in [2.75, 3.05) is 6.61 Å². The molecule has 0 aliphatic carbocycles. The predicted octanol–water partition coefficient (Wildman–Crippen LogP) is 5.50. The number of hydrogen-bond acceptors (Lipinski definition) is 2. The van der Waals surface area contributed by atoms with E-state index in [1.54, 1.807) is 0 Å². The number of rotatable bonds is 7. The minimum Gasteiger partial charge on any atom is -0.494 e. The Morgan fingerprint density at radius 1 is 1.14 bits per heavy atom. The van der Waals surface area contributed by atoms with Crippen molar-refractivity contribution < 1.29 is 4.74 Å². The second-order valence-corrected chi connectivity index (χ2v) is 5.83. The summed E-state index contributed by atoms with van der Waals surface area (Å²) in [4.78, 5) is 0. The van der Waals surface area contributed by atoms with Gasteiger partial charge in [-0.3, -0.25) is 0 Å². The first-order valence-electron chi connectivity index (χ1n) is 7.53. The van der Waals surface area contributed by atoms with Gasteiger partial charge < -0.3 is 4.74 Å². The number of halogens is 1. The molecule has 0 saturated heterocycles. The van der Waals surface area contributed by atoms with Gasteiger partial charge in [-0.1, -0.05) is 35.9 Å². The summed E-state index contributed by atoms with van der Waals surface area (Å²) in [5.41, 5.74) is 2.23. The summed E-state index contributed by atoms with van der Waals surface area (Å²) in [5.74, 6) is 0.839. The molecule has 1 atom stereocenters. The van der Waals surface area contributed by atoms with Gasteiger partial charge in [-0.05, 0) is 61.6 Å². The van der Waals surface area contributed by atoms with Crippen LogP contribution in [-0.2, 0) is 0 Å². The van der Waals surface area contributed by atoms with Crippen LogP contribution < -0.4 is 4.74 Å². The summed E-state index contributed by atoms with van der Waals surface area (Å²) < 4.78 is 5.72. The number of unbranched alkanes of at least 4 members (excludes halogenated alkanes) is 1. The van der Waals surface area contributed by atoms with Crippen molar-refractivity contribution in [2.24, 2.45) is 0 Å². The number of aryl methyl sites for hydroxylation is 1. The highest BCUT2D eigenvalue weighted by Crippen LogP contribution is 2.23. The highest BCUT2D eigenvalue weighted by molar-refractivity contribution is 6.30. The van der Waals surface area contributed by atoms with Crippen LogP contribution in [0.2, 0.25) is 5.02 Å². The largest absolute Gasteiger partial charge is 0.494 e. The fourth-order valence-electron chi connectivity index (χ4n) is 2.35. The third kappa shape index (κ3) is 5.09. The lowest BCUT2D eigenvalue weighted by molar-refractivity contribution is 0.304. The van der Waals surface area contributed by atoms with Crippen molar-refractivity contribution in [2.45, 2.75) is 32.1 Å². The van der Waals surface area contributed by atoms with E-state index in [9.17, 15) is 5.26 Å². The number of ether oxygens (including phenoxy) is 1. The van der Waals surface area contributed by atoms with Crippen LogP contribution in [0.5, 0.6) is 5.75 Å². The maximum atomic E-state index is 9.30. The fourth-order valence-corrected chi connectivity index (χ4v) is 2.47. The van der Waals surface area contributed by atoms with Crippen LogP contribution in [0.15, 0.2) is 48.5 Å². The second kappa shape index (κ2) is 8.46. The standard InChI is InChI=1S/C19H20ClNO/c1-15-5-4-7-19(13-15)22-12-3-2-6-17(14-21)16-8-10-18(20)11-9-16/h4-5,7-11,13,17H,2-3,6,12H2,1H3. The molecule has 0 N–H and O–H groups in total. The van der Waals surface area contributed by atoms with Gasteiger partial charge in [0.05, 0.1) is 18.6 Å². The van der Waals surface area contributed by atoms with Gasteiger partial charge >= 0.3 is 0 Å². The van der Waals surface area contributed by atoms with Gasteiger partial charge in [-0.25, -0.2) is 0 Å². The van der Waals surface area contributed by atoms with E-state index in [1.165, 1.54) is 5.56 Å². The molecule has 0 fully saturated rings. The number of nitriles is 1. The molecule has 0 bridgehead atoms. The topological polar surface area (TPSA) is 33.0 Å². The summed E-state index contributed by atoms with van der Waals surface area (Å²) >= 11 is 5.88. The normalized spacial score (nSPS) is 11.7. The van der Waals surface area contributed by atoms with E-state index in [-0.39, 0.29) is 5.92 Å². The lowest BCUT2D eigenvalue weighted by atomic mass is 9.95. The Bertz CT molecular complexity index is 631. The van der Waals surface area contributed by atoms with E-state index >= 15 is 0 Å². The second-order valence-electron chi connectivity index (χ2n) is 5.39. The van der Waals surface area contributed by atoms with Crippen molar-refractivity contribution >= 4 is 11.6 Å². The molecule has 0 radical (unpaired) electrons. The third-order valence-corrected chi connectivity index (χ3v) is 3.83. The van der Waals surface area contributed by atoms with Crippen LogP contribution in [0.25, 0.3) is 0 Å². The zero-order valence-corrected chi connectivity index (χ0v) is 13.5. The quantitative estimate of drug-likeness (QED) is 0.632. The van der Waals surface area contributed by atoms with Gasteiger partial charge in [0, 0.05) is 5.02 Å². The molecule has 3 heteroatoms. The summed E-state index contributed by atoms with van der Waals surface area (Å²) in [7, 11) is 0. The molecule has 22 heavy (non-hydrogen) atoms. The molecule has 0 heterocycles. The Kier molecular flexibility index (Phi) is 6.30. The van der Waals surface area contributed by atoms with Crippen molar-refractivity contribution in [1.82, 2.24) is 0 Å². The Balaban J connectivity index is 1.73. The van der Waals surface area contributed by atoms with Gasteiger partial charge in [-0.2, -0.15) is 5.26 Å². The third-order valence-electron chi connectivity index (χ3n) is 3.57. The van der Waals surface area contributed by atoms with Gasteiger partial charge in [0.1, 0.15) is 5.75 Å². The molecule has 1 unspecified atom stereocenters. The van der Waals surface area contributed by atoms with Crippen molar-refractivity contribution in [3.8, 4) is 11.8 Å². The Morgan fingerprint density at radius 3 is 2.59 bits per heavy atom. The van der Waals surface area contributed by atoms with Crippen LogP contribution in [0.1, 0.15) is 36.3 Å². The highest BCUT2D eigenvalue weighted by atomic mass is 35.5. The fraction of sp³-hybridized carbons (Fsp3) is 0.316. The van der Waals surface area contributed by atoms with E-state index in [2.05, 4.69) is 19.1 Å². The predicted molar refractivity (Wildman–Crippen MR) is 90.3 cm³/mol. The van der Waals surface area contributed by atoms with Gasteiger partial charge in [0.25, 0.3) is 0 Å². The highest BCUT2D eigenvalue weighted by Gasteiger charge is 2.10.